The summed E-state index contributed by atoms with van der Waals surface area (Å²) in [6.45, 7) is 4.60. The van der Waals surface area contributed by atoms with E-state index in [1.54, 1.807) is 21.7 Å². The lowest BCUT2D eigenvalue weighted by molar-refractivity contribution is 0.0677. The molecule has 1 amide bonds. The van der Waals surface area contributed by atoms with Gasteiger partial charge in [-0.15, -0.1) is 0 Å². The summed E-state index contributed by atoms with van der Waals surface area (Å²) >= 11 is 0. The van der Waals surface area contributed by atoms with E-state index in [1.165, 1.54) is 0 Å². The van der Waals surface area contributed by atoms with Gasteiger partial charge in [-0.1, -0.05) is 12.1 Å². The van der Waals surface area contributed by atoms with Crippen molar-refractivity contribution in [2.75, 3.05) is 6.54 Å². The van der Waals surface area contributed by atoms with Crippen molar-refractivity contribution in [1.82, 2.24) is 14.7 Å². The lowest BCUT2D eigenvalue weighted by atomic mass is 9.94. The van der Waals surface area contributed by atoms with Crippen molar-refractivity contribution in [3.8, 4) is 0 Å². The predicted octanol–water partition coefficient (Wildman–Crippen LogP) is 1.93. The smallest absolute Gasteiger partial charge is 0.336 e. The van der Waals surface area contributed by atoms with E-state index < -0.39 is 5.97 Å². The lowest BCUT2D eigenvalue weighted by Crippen LogP contribution is -2.37. The molecule has 120 valence electrons. The van der Waals surface area contributed by atoms with Crippen LogP contribution >= 0.6 is 0 Å². The normalized spacial score (nSPS) is 13.8. The number of aryl methyl sites for hydroxylation is 2. The fourth-order valence-electron chi connectivity index (χ4n) is 3.20. The number of amides is 1. The van der Waals surface area contributed by atoms with Crippen LogP contribution in [0.25, 0.3) is 0 Å². The molecule has 1 aromatic heterocycles. The van der Waals surface area contributed by atoms with E-state index in [-0.39, 0.29) is 11.5 Å². The van der Waals surface area contributed by atoms with Crippen molar-refractivity contribution in [1.29, 1.82) is 0 Å². The molecule has 2 aromatic rings. The molecule has 0 radical (unpaired) electrons. The number of hydrogen-bond acceptors (Lipinski definition) is 3. The minimum Gasteiger partial charge on any atom is -0.478 e. The quantitative estimate of drug-likeness (QED) is 0.919. The van der Waals surface area contributed by atoms with E-state index in [4.69, 9.17) is 0 Å². The van der Waals surface area contributed by atoms with Crippen LogP contribution in [-0.2, 0) is 20.0 Å². The van der Waals surface area contributed by atoms with Crippen molar-refractivity contribution in [3.63, 3.8) is 0 Å². The molecule has 1 N–H and O–H groups in total. The molecule has 0 bridgehead atoms. The van der Waals surface area contributed by atoms with Crippen molar-refractivity contribution in [3.05, 3.63) is 51.8 Å². The number of aromatic carboxylic acids is 1. The summed E-state index contributed by atoms with van der Waals surface area (Å²) in [5.41, 5.74) is 4.16. The van der Waals surface area contributed by atoms with Gasteiger partial charge in [-0.2, -0.15) is 5.10 Å². The Hall–Kier alpha value is -2.63. The van der Waals surface area contributed by atoms with Gasteiger partial charge in [-0.3, -0.25) is 9.48 Å². The van der Waals surface area contributed by atoms with Crippen LogP contribution < -0.4 is 0 Å². The zero-order valence-electron chi connectivity index (χ0n) is 13.5. The average molecular weight is 313 g/mol. The average Bonchev–Trinajstić information content (AvgIpc) is 2.78. The van der Waals surface area contributed by atoms with Crippen LogP contribution in [0.5, 0.6) is 0 Å². The predicted molar refractivity (Wildman–Crippen MR) is 84.5 cm³/mol. The van der Waals surface area contributed by atoms with Crippen LogP contribution in [0, 0.1) is 13.8 Å². The number of fused-ring (bicyclic) bond motifs is 1. The van der Waals surface area contributed by atoms with Gasteiger partial charge in [0.1, 0.15) is 0 Å². The standard InChI is InChI=1S/C17H19N3O3/c1-10-15(11(2)19(3)18-10)16(21)20-8-7-12-5-4-6-13(17(22)23)14(12)9-20/h4-6H,7-9H2,1-3H3,(H,22,23). The van der Waals surface area contributed by atoms with Crippen LogP contribution in [0.4, 0.5) is 0 Å². The minimum absolute atomic E-state index is 0.0843. The van der Waals surface area contributed by atoms with Crippen LogP contribution in [0.2, 0.25) is 0 Å². The maximum atomic E-state index is 12.9. The van der Waals surface area contributed by atoms with Gasteiger partial charge in [0.25, 0.3) is 5.91 Å². The third kappa shape index (κ3) is 2.50. The highest BCUT2D eigenvalue weighted by Crippen LogP contribution is 2.25. The van der Waals surface area contributed by atoms with E-state index in [0.717, 1.165) is 16.8 Å². The Morgan fingerprint density at radius 1 is 1.26 bits per heavy atom. The molecule has 0 unspecified atom stereocenters. The first-order valence-electron chi connectivity index (χ1n) is 7.53. The summed E-state index contributed by atoms with van der Waals surface area (Å²) in [5.74, 6) is -1.04. The first kappa shape index (κ1) is 15.3. The van der Waals surface area contributed by atoms with Crippen molar-refractivity contribution < 1.29 is 14.7 Å². The summed E-state index contributed by atoms with van der Waals surface area (Å²) in [6, 6.07) is 5.29. The lowest BCUT2D eigenvalue weighted by Gasteiger charge is -2.30. The number of carbonyl (C=O) groups excluding carboxylic acids is 1. The van der Waals surface area contributed by atoms with Crippen LogP contribution in [0.3, 0.4) is 0 Å². The van der Waals surface area contributed by atoms with Gasteiger partial charge in [0.15, 0.2) is 0 Å². The molecule has 0 atom stereocenters. The van der Waals surface area contributed by atoms with Crippen LogP contribution in [0.15, 0.2) is 18.2 Å². The molecule has 23 heavy (non-hydrogen) atoms. The Bertz CT molecular complexity index is 808. The number of carboxylic acid groups (broad SMARTS) is 1. The highest BCUT2D eigenvalue weighted by Gasteiger charge is 2.28. The van der Waals surface area contributed by atoms with Gasteiger partial charge >= 0.3 is 5.97 Å². The van der Waals surface area contributed by atoms with Gasteiger partial charge < -0.3 is 10.0 Å². The molecule has 0 fully saturated rings. The van der Waals surface area contributed by atoms with Crippen molar-refractivity contribution in [2.45, 2.75) is 26.8 Å². The highest BCUT2D eigenvalue weighted by molar-refractivity contribution is 5.97. The largest absolute Gasteiger partial charge is 0.478 e. The Balaban J connectivity index is 1.96. The number of benzene rings is 1. The Kier molecular flexibility index (Phi) is 3.67. The molecule has 1 aromatic carbocycles. The maximum Gasteiger partial charge on any atom is 0.336 e. The summed E-state index contributed by atoms with van der Waals surface area (Å²) in [7, 11) is 1.81. The molecule has 0 spiro atoms. The second-order valence-electron chi connectivity index (χ2n) is 5.89. The Morgan fingerprint density at radius 3 is 2.61 bits per heavy atom. The summed E-state index contributed by atoms with van der Waals surface area (Å²) in [5, 5.41) is 13.6. The molecule has 2 heterocycles. The molecule has 3 rings (SSSR count). The third-order valence-corrected chi connectivity index (χ3v) is 4.51. The fraction of sp³-hybridized carbons (Fsp3) is 0.353. The van der Waals surface area contributed by atoms with E-state index in [0.29, 0.717) is 30.8 Å². The van der Waals surface area contributed by atoms with Crippen LogP contribution in [0.1, 0.15) is 43.2 Å². The number of hydrogen-bond donors (Lipinski definition) is 1. The number of carbonyl (C=O) groups is 2. The Morgan fingerprint density at radius 2 is 2.00 bits per heavy atom. The first-order chi connectivity index (χ1) is 10.9. The van der Waals surface area contributed by atoms with E-state index in [2.05, 4.69) is 5.10 Å². The number of carboxylic acids is 1. The number of nitrogens with zero attached hydrogens (tertiary/aromatic N) is 3. The molecule has 6 heteroatoms. The Labute approximate surface area is 134 Å². The molecule has 0 aliphatic carbocycles. The molecule has 6 nitrogen and oxygen atoms in total. The molecular weight excluding hydrogens is 294 g/mol. The van der Waals surface area contributed by atoms with Gasteiger partial charge in [0.2, 0.25) is 0 Å². The van der Waals surface area contributed by atoms with E-state index in [1.807, 2.05) is 27.0 Å². The molecule has 1 aliphatic rings. The van der Waals surface area contributed by atoms with Crippen molar-refractivity contribution >= 4 is 11.9 Å². The summed E-state index contributed by atoms with van der Waals surface area (Å²) in [4.78, 5) is 26.0. The maximum absolute atomic E-state index is 12.9. The molecule has 0 saturated heterocycles. The van der Waals surface area contributed by atoms with Gasteiger partial charge in [0, 0.05) is 25.8 Å². The zero-order valence-corrected chi connectivity index (χ0v) is 13.5. The SMILES string of the molecule is Cc1nn(C)c(C)c1C(=O)N1CCc2cccc(C(=O)O)c2C1. The summed E-state index contributed by atoms with van der Waals surface area (Å²) in [6.07, 6.45) is 0.667. The first-order valence-corrected chi connectivity index (χ1v) is 7.53. The number of aromatic nitrogens is 2. The minimum atomic E-state index is -0.954. The monoisotopic (exact) mass is 313 g/mol. The fourth-order valence-corrected chi connectivity index (χ4v) is 3.20. The van der Waals surface area contributed by atoms with Crippen LogP contribution in [-0.4, -0.2) is 38.2 Å². The topological polar surface area (TPSA) is 75.4 Å². The second kappa shape index (κ2) is 5.53. The third-order valence-electron chi connectivity index (χ3n) is 4.51. The van der Waals surface area contributed by atoms with E-state index >= 15 is 0 Å². The van der Waals surface area contributed by atoms with Gasteiger partial charge in [-0.25, -0.2) is 4.79 Å². The van der Waals surface area contributed by atoms with Gasteiger partial charge in [-0.05, 0) is 37.5 Å². The zero-order chi connectivity index (χ0) is 16.7. The number of rotatable bonds is 2. The molecular formula is C17H19N3O3. The van der Waals surface area contributed by atoms with Gasteiger partial charge in [0.05, 0.1) is 16.8 Å². The molecule has 0 saturated carbocycles. The van der Waals surface area contributed by atoms with Crippen molar-refractivity contribution in [2.24, 2.45) is 7.05 Å². The highest BCUT2D eigenvalue weighted by atomic mass is 16.4. The summed E-state index contributed by atoms with van der Waals surface area (Å²) < 4.78 is 1.70. The molecule has 1 aliphatic heterocycles. The second-order valence-corrected chi connectivity index (χ2v) is 5.89. The van der Waals surface area contributed by atoms with E-state index in [9.17, 15) is 14.7 Å².